The van der Waals surface area contributed by atoms with Crippen LogP contribution in [0.2, 0.25) is 0 Å². The third-order valence-corrected chi connectivity index (χ3v) is 8.91. The summed E-state index contributed by atoms with van der Waals surface area (Å²) in [4.78, 5) is 36.0. The van der Waals surface area contributed by atoms with E-state index in [2.05, 4.69) is 10.1 Å². The molecular formula is C35H42F5NO9. The number of nitrogens with one attached hydrogen (secondary N) is 1. The molecule has 1 aromatic carbocycles. The molecule has 2 N–H and O–H groups in total. The number of aliphatic hydroxyl groups is 1. The summed E-state index contributed by atoms with van der Waals surface area (Å²) in [6.07, 6.45) is 5.57. The molecule has 1 amide bonds. The number of aliphatic hydroxyl groups excluding tert-OH is 1. The van der Waals surface area contributed by atoms with E-state index >= 15 is 0 Å². The second-order valence-corrected chi connectivity index (χ2v) is 13.1. The average Bonchev–Trinajstić information content (AvgIpc) is 3.82. The van der Waals surface area contributed by atoms with Crippen LogP contribution < -0.4 is 10.1 Å². The molecule has 9 atom stereocenters. The number of esters is 2. The Kier molecular flexibility index (Phi) is 13.0. The van der Waals surface area contributed by atoms with Gasteiger partial charge in [0.1, 0.15) is 23.9 Å². The van der Waals surface area contributed by atoms with Crippen molar-refractivity contribution < 1.29 is 65.1 Å². The number of rotatable bonds is 12. The maximum atomic E-state index is 14.0. The molecule has 3 aliphatic rings. The van der Waals surface area contributed by atoms with Crippen LogP contribution in [0.25, 0.3) is 0 Å². The lowest BCUT2D eigenvalue weighted by Crippen LogP contribution is -2.50. The first-order valence-corrected chi connectivity index (χ1v) is 16.3. The molecule has 1 aromatic rings. The summed E-state index contributed by atoms with van der Waals surface area (Å²) in [5.41, 5.74) is -0.208. The molecule has 0 saturated carbocycles. The van der Waals surface area contributed by atoms with E-state index in [0.717, 1.165) is 5.57 Å². The number of carbonyl (C=O) groups excluding carboxylic acids is 3. The van der Waals surface area contributed by atoms with Crippen molar-refractivity contribution in [1.82, 2.24) is 5.32 Å². The molecule has 9 unspecified atom stereocenters. The average molecular weight is 716 g/mol. The van der Waals surface area contributed by atoms with E-state index in [1.807, 2.05) is 26.8 Å². The molecule has 4 rings (SSSR count). The monoisotopic (exact) mass is 715 g/mol. The van der Waals surface area contributed by atoms with Crippen LogP contribution >= 0.6 is 0 Å². The molecule has 10 nitrogen and oxygen atoms in total. The van der Waals surface area contributed by atoms with Crippen molar-refractivity contribution in [3.05, 3.63) is 65.0 Å². The number of ether oxygens (including phenoxy) is 5. The SMILES string of the molecule is CC(=O)OC(C)C=CCC(=O)NC1CC(C)C(CC=C(C)C=CC2OC(CC(=O)Oc3c(F)c(F)c(F)c(F)c3F)CC3(CO3)C2O)OC1C. The zero-order valence-corrected chi connectivity index (χ0v) is 28.4. The number of epoxide rings is 1. The van der Waals surface area contributed by atoms with Gasteiger partial charge in [0.15, 0.2) is 0 Å². The van der Waals surface area contributed by atoms with Crippen molar-refractivity contribution in [2.24, 2.45) is 5.92 Å². The Balaban J connectivity index is 1.29. The van der Waals surface area contributed by atoms with Gasteiger partial charge >= 0.3 is 11.9 Å². The van der Waals surface area contributed by atoms with Crippen molar-refractivity contribution in [2.75, 3.05) is 6.61 Å². The Bertz CT molecular complexity index is 1500. The number of carbonyl (C=O) groups is 3. The lowest BCUT2D eigenvalue weighted by molar-refractivity contribution is -0.153. The van der Waals surface area contributed by atoms with Crippen molar-refractivity contribution in [2.45, 2.75) is 115 Å². The van der Waals surface area contributed by atoms with Crippen LogP contribution in [0, 0.1) is 35.0 Å². The van der Waals surface area contributed by atoms with E-state index < -0.39 is 83.2 Å². The number of amides is 1. The minimum Gasteiger partial charge on any atom is -0.459 e. The molecule has 0 aliphatic carbocycles. The van der Waals surface area contributed by atoms with Gasteiger partial charge in [-0.3, -0.25) is 14.4 Å². The lowest BCUT2D eigenvalue weighted by atomic mass is 9.87. The van der Waals surface area contributed by atoms with Gasteiger partial charge in [-0.1, -0.05) is 36.8 Å². The van der Waals surface area contributed by atoms with Crippen molar-refractivity contribution >= 4 is 17.8 Å². The van der Waals surface area contributed by atoms with Gasteiger partial charge < -0.3 is 34.1 Å². The largest absolute Gasteiger partial charge is 0.459 e. The number of hydrogen-bond acceptors (Lipinski definition) is 9. The number of benzene rings is 1. The Morgan fingerprint density at radius 2 is 1.68 bits per heavy atom. The van der Waals surface area contributed by atoms with E-state index in [9.17, 15) is 41.4 Å². The highest BCUT2D eigenvalue weighted by molar-refractivity contribution is 5.78. The molecule has 3 aliphatic heterocycles. The molecule has 50 heavy (non-hydrogen) atoms. The van der Waals surface area contributed by atoms with E-state index in [4.69, 9.17) is 18.9 Å². The Morgan fingerprint density at radius 3 is 2.30 bits per heavy atom. The first kappa shape index (κ1) is 39.1. The zero-order valence-electron chi connectivity index (χ0n) is 28.4. The molecule has 3 heterocycles. The fraction of sp³-hybridized carbons (Fsp3) is 0.571. The summed E-state index contributed by atoms with van der Waals surface area (Å²) in [6, 6.07) is -0.179. The standard InChI is InChI=1S/C35H42F5NO9/c1-17(9-11-24-18(2)13-23(20(4)48-24)41-26(43)8-6-7-19(3)47-21(5)42)10-12-25-34(45)35(16-46-35)15-22(49-25)14-27(44)50-33-31(39)29(37)28(36)30(38)32(33)40/h6-7,9-10,12,18-20,22-25,34,45H,8,11,13-16H2,1-5H3,(H,41,43). The van der Waals surface area contributed by atoms with Crippen LogP contribution in [0.1, 0.15) is 66.7 Å². The Morgan fingerprint density at radius 1 is 1.04 bits per heavy atom. The smallest absolute Gasteiger partial charge is 0.314 e. The summed E-state index contributed by atoms with van der Waals surface area (Å²) in [5.74, 6) is -14.9. The summed E-state index contributed by atoms with van der Waals surface area (Å²) >= 11 is 0. The topological polar surface area (TPSA) is 133 Å². The van der Waals surface area contributed by atoms with Gasteiger partial charge in [0.2, 0.25) is 40.7 Å². The zero-order chi connectivity index (χ0) is 36.9. The minimum atomic E-state index is -2.38. The third kappa shape index (κ3) is 9.77. The first-order valence-electron chi connectivity index (χ1n) is 16.3. The maximum Gasteiger partial charge on any atom is 0.314 e. The number of hydrogen-bond donors (Lipinski definition) is 2. The highest BCUT2D eigenvalue weighted by Crippen LogP contribution is 2.43. The first-order chi connectivity index (χ1) is 23.5. The molecule has 3 fully saturated rings. The quantitative estimate of drug-likeness (QED) is 0.0446. The van der Waals surface area contributed by atoms with Gasteiger partial charge in [-0.25, -0.2) is 13.2 Å². The number of halogens is 5. The van der Waals surface area contributed by atoms with Crippen LogP contribution in [-0.4, -0.2) is 77.8 Å². The van der Waals surface area contributed by atoms with Crippen molar-refractivity contribution in [1.29, 1.82) is 0 Å². The van der Waals surface area contributed by atoms with Crippen LogP contribution in [0.5, 0.6) is 5.75 Å². The van der Waals surface area contributed by atoms with E-state index in [0.29, 0.717) is 12.8 Å². The van der Waals surface area contributed by atoms with Crippen LogP contribution in [0.15, 0.2) is 36.0 Å². The van der Waals surface area contributed by atoms with Crippen LogP contribution in [-0.2, 0) is 33.3 Å². The molecular weight excluding hydrogens is 673 g/mol. The minimum absolute atomic E-state index is 0.0298. The van der Waals surface area contributed by atoms with Crippen LogP contribution in [0.4, 0.5) is 22.0 Å². The van der Waals surface area contributed by atoms with Gasteiger partial charge in [-0.05, 0) is 45.6 Å². The maximum absolute atomic E-state index is 14.0. The summed E-state index contributed by atoms with van der Waals surface area (Å²) in [6.45, 7) is 8.96. The van der Waals surface area contributed by atoms with Gasteiger partial charge in [0, 0.05) is 19.8 Å². The molecule has 0 aromatic heterocycles. The predicted octanol–water partition coefficient (Wildman–Crippen LogP) is 5.05. The fourth-order valence-electron chi connectivity index (χ4n) is 6.08. The van der Waals surface area contributed by atoms with E-state index in [1.165, 1.54) is 6.92 Å². The van der Waals surface area contributed by atoms with E-state index in [-0.39, 0.29) is 49.5 Å². The Hall–Kier alpha value is -3.66. The molecule has 15 heteroatoms. The predicted molar refractivity (Wildman–Crippen MR) is 167 cm³/mol. The molecule has 1 spiro atoms. The Labute approximate surface area is 286 Å². The molecule has 276 valence electrons. The summed E-state index contributed by atoms with van der Waals surface area (Å²) in [7, 11) is 0. The fourth-order valence-corrected chi connectivity index (χ4v) is 6.08. The number of allylic oxidation sites excluding steroid dienone is 2. The molecule has 3 saturated heterocycles. The summed E-state index contributed by atoms with van der Waals surface area (Å²) in [5, 5.41) is 13.9. The van der Waals surface area contributed by atoms with E-state index in [1.54, 1.807) is 31.2 Å². The summed E-state index contributed by atoms with van der Waals surface area (Å²) < 4.78 is 95.5. The van der Waals surface area contributed by atoms with Gasteiger partial charge in [0.25, 0.3) is 0 Å². The third-order valence-electron chi connectivity index (χ3n) is 8.91. The molecule has 0 radical (unpaired) electrons. The van der Waals surface area contributed by atoms with Gasteiger partial charge in [0.05, 0.1) is 37.4 Å². The van der Waals surface area contributed by atoms with Gasteiger partial charge in [-0.15, -0.1) is 0 Å². The lowest BCUT2D eigenvalue weighted by Gasteiger charge is -2.39. The normalized spacial score (nSPS) is 30.5. The van der Waals surface area contributed by atoms with Crippen molar-refractivity contribution in [3.8, 4) is 5.75 Å². The highest BCUT2D eigenvalue weighted by atomic mass is 19.2. The molecule has 0 bridgehead atoms. The van der Waals surface area contributed by atoms with Crippen LogP contribution in [0.3, 0.4) is 0 Å². The second kappa shape index (κ2) is 16.6. The van der Waals surface area contributed by atoms with Gasteiger partial charge in [-0.2, -0.15) is 8.78 Å². The van der Waals surface area contributed by atoms with Crippen molar-refractivity contribution in [3.63, 3.8) is 0 Å². The second-order valence-electron chi connectivity index (χ2n) is 13.1. The highest BCUT2D eigenvalue weighted by Gasteiger charge is 2.58.